The summed E-state index contributed by atoms with van der Waals surface area (Å²) in [6.45, 7) is 4.71. The third-order valence-corrected chi connectivity index (χ3v) is 8.36. The number of benzene rings is 3. The topological polar surface area (TPSA) is 125 Å². The van der Waals surface area contributed by atoms with Crippen molar-refractivity contribution >= 4 is 50.9 Å². The fraction of sp³-hybridized carbons (Fsp3) is 0.259. The molecule has 202 valence electrons. The first-order chi connectivity index (χ1) is 18.0. The maximum absolute atomic E-state index is 12.8. The predicted octanol–water partition coefficient (Wildman–Crippen LogP) is 5.80. The molecule has 0 spiro atoms. The summed E-state index contributed by atoms with van der Waals surface area (Å²) in [6.07, 6.45) is 0.870. The summed E-state index contributed by atoms with van der Waals surface area (Å²) >= 11 is 12.0. The summed E-state index contributed by atoms with van der Waals surface area (Å²) in [7, 11) is -4.30. The minimum Gasteiger partial charge on any atom is -0.480 e. The lowest BCUT2D eigenvalue weighted by Gasteiger charge is -2.16. The highest BCUT2D eigenvalue weighted by atomic mass is 35.5. The zero-order valence-corrected chi connectivity index (χ0v) is 23.2. The van der Waals surface area contributed by atoms with Crippen LogP contribution in [0.5, 0.6) is 0 Å². The molecule has 0 aliphatic rings. The van der Waals surface area contributed by atoms with Crippen molar-refractivity contribution in [3.63, 3.8) is 0 Å². The lowest BCUT2D eigenvalue weighted by molar-refractivity contribution is -0.138. The Morgan fingerprint density at radius 3 is 2.18 bits per heavy atom. The number of hydrogen-bond donors (Lipinski definition) is 4. The molecule has 3 aromatic carbocycles. The normalized spacial score (nSPS) is 12.9. The quantitative estimate of drug-likeness (QED) is 0.229. The smallest absolute Gasteiger partial charge is 0.322 e. The maximum Gasteiger partial charge on any atom is 0.322 e. The van der Waals surface area contributed by atoms with Crippen molar-refractivity contribution in [1.82, 2.24) is 10.0 Å². The molecule has 0 aliphatic heterocycles. The molecule has 0 aromatic heterocycles. The summed E-state index contributed by atoms with van der Waals surface area (Å²) in [5, 5.41) is 15.1. The number of aliphatic carboxylic acids is 1. The number of carbonyl (C=O) groups excluding carboxylic acids is 1. The van der Waals surface area contributed by atoms with E-state index in [-0.39, 0.29) is 27.4 Å². The van der Waals surface area contributed by atoms with Crippen LogP contribution >= 0.6 is 23.2 Å². The van der Waals surface area contributed by atoms with Gasteiger partial charge in [-0.1, -0.05) is 85.9 Å². The van der Waals surface area contributed by atoms with Crippen LogP contribution in [0.1, 0.15) is 25.8 Å². The Kier molecular flexibility index (Phi) is 10.2. The molecule has 0 heterocycles. The number of carboxylic acids is 1. The van der Waals surface area contributed by atoms with Gasteiger partial charge in [0.1, 0.15) is 10.9 Å². The van der Waals surface area contributed by atoms with Crippen LogP contribution in [-0.4, -0.2) is 38.1 Å². The second-order valence-corrected chi connectivity index (χ2v) is 11.4. The third kappa shape index (κ3) is 7.94. The number of nitrogens with one attached hydrogen (secondary N) is 3. The Morgan fingerprint density at radius 2 is 1.58 bits per heavy atom. The van der Waals surface area contributed by atoms with Crippen molar-refractivity contribution in [2.75, 3.05) is 11.9 Å². The number of rotatable bonds is 11. The van der Waals surface area contributed by atoms with Crippen LogP contribution < -0.4 is 15.4 Å². The van der Waals surface area contributed by atoms with Crippen LogP contribution in [0, 0.1) is 5.92 Å². The van der Waals surface area contributed by atoms with Gasteiger partial charge in [0.25, 0.3) is 0 Å². The number of amides is 2. The van der Waals surface area contributed by atoms with E-state index in [1.807, 2.05) is 18.2 Å². The highest BCUT2D eigenvalue weighted by Crippen LogP contribution is 2.29. The molecule has 4 N–H and O–H groups in total. The molecule has 2 amide bonds. The molecule has 8 nitrogen and oxygen atoms in total. The number of carbonyl (C=O) groups is 2. The second-order valence-electron chi connectivity index (χ2n) is 8.89. The van der Waals surface area contributed by atoms with Gasteiger partial charge in [-0.15, -0.1) is 0 Å². The zero-order chi connectivity index (χ0) is 27.9. The first kappa shape index (κ1) is 29.4. The maximum atomic E-state index is 12.8. The molecule has 38 heavy (non-hydrogen) atoms. The molecule has 0 radical (unpaired) electrons. The third-order valence-electron chi connectivity index (χ3n) is 5.94. The van der Waals surface area contributed by atoms with Crippen LogP contribution in [0.25, 0.3) is 11.1 Å². The van der Waals surface area contributed by atoms with E-state index < -0.39 is 22.0 Å². The van der Waals surface area contributed by atoms with Gasteiger partial charge in [-0.2, -0.15) is 4.72 Å². The van der Waals surface area contributed by atoms with Crippen molar-refractivity contribution in [3.8, 4) is 11.1 Å². The molecular weight excluding hydrogens is 549 g/mol. The first-order valence-electron chi connectivity index (χ1n) is 11.9. The van der Waals surface area contributed by atoms with E-state index in [0.29, 0.717) is 23.7 Å². The number of anilines is 1. The van der Waals surface area contributed by atoms with Gasteiger partial charge in [0, 0.05) is 12.2 Å². The molecule has 0 bridgehead atoms. The fourth-order valence-corrected chi connectivity index (χ4v) is 5.93. The summed E-state index contributed by atoms with van der Waals surface area (Å²) in [5.41, 5.74) is 2.92. The lowest BCUT2D eigenvalue weighted by atomic mass is 10.0. The molecular formula is C27H29Cl2N3O5S. The van der Waals surface area contributed by atoms with E-state index in [4.69, 9.17) is 23.2 Å². The summed E-state index contributed by atoms with van der Waals surface area (Å²) in [6, 6.07) is 16.9. The number of sulfonamides is 1. The van der Waals surface area contributed by atoms with E-state index in [0.717, 1.165) is 17.5 Å². The monoisotopic (exact) mass is 577 g/mol. The largest absolute Gasteiger partial charge is 0.480 e. The number of carboxylic acid groups (broad SMARTS) is 1. The van der Waals surface area contributed by atoms with Gasteiger partial charge in [0.2, 0.25) is 10.0 Å². The fourth-order valence-electron chi connectivity index (χ4n) is 3.60. The van der Waals surface area contributed by atoms with Crippen molar-refractivity contribution in [1.29, 1.82) is 0 Å². The molecule has 0 aliphatic carbocycles. The van der Waals surface area contributed by atoms with Crippen LogP contribution in [0.3, 0.4) is 0 Å². The highest BCUT2D eigenvalue weighted by molar-refractivity contribution is 7.89. The molecule has 0 unspecified atom stereocenters. The predicted molar refractivity (Wildman–Crippen MR) is 150 cm³/mol. The van der Waals surface area contributed by atoms with Gasteiger partial charge >= 0.3 is 12.0 Å². The van der Waals surface area contributed by atoms with Crippen molar-refractivity contribution in [2.45, 2.75) is 37.6 Å². The first-order valence-corrected chi connectivity index (χ1v) is 14.2. The van der Waals surface area contributed by atoms with Gasteiger partial charge < -0.3 is 15.7 Å². The molecule has 11 heteroatoms. The van der Waals surface area contributed by atoms with E-state index >= 15 is 0 Å². The van der Waals surface area contributed by atoms with Gasteiger partial charge in [-0.25, -0.2) is 13.2 Å². The van der Waals surface area contributed by atoms with Crippen molar-refractivity contribution in [3.05, 3.63) is 82.3 Å². The Balaban J connectivity index is 1.71. The van der Waals surface area contributed by atoms with E-state index in [9.17, 15) is 23.1 Å². The van der Waals surface area contributed by atoms with Crippen LogP contribution in [0.2, 0.25) is 10.0 Å². The molecule has 0 fully saturated rings. The average molecular weight is 579 g/mol. The standard InChI is InChI=1S/C27H29Cl2N3O5S/c1-3-17(2)16-30-27(35)31-21-7-4-6-20(15-21)19-12-10-18(11-13-19)14-24(26(33)34)32-38(36,37)25-22(28)8-5-9-23(25)29/h4-13,15,17,24,32H,3,14,16H2,1-2H3,(H,33,34)(H2,30,31,35)/t17-,24+/m0/s1. The van der Waals surface area contributed by atoms with Gasteiger partial charge in [0.15, 0.2) is 0 Å². The van der Waals surface area contributed by atoms with Crippen LogP contribution in [0.4, 0.5) is 10.5 Å². The van der Waals surface area contributed by atoms with Gasteiger partial charge in [-0.05, 0) is 53.3 Å². The summed E-state index contributed by atoms with van der Waals surface area (Å²) in [4.78, 5) is 23.7. The lowest BCUT2D eigenvalue weighted by Crippen LogP contribution is -2.42. The van der Waals surface area contributed by atoms with Crippen molar-refractivity contribution in [2.24, 2.45) is 5.92 Å². The number of urea groups is 1. The Hall–Kier alpha value is -3.11. The Labute approximate surface area is 232 Å². The Morgan fingerprint density at radius 1 is 0.947 bits per heavy atom. The zero-order valence-electron chi connectivity index (χ0n) is 20.9. The number of halogens is 2. The summed E-state index contributed by atoms with van der Waals surface area (Å²) in [5.74, 6) is -0.957. The highest BCUT2D eigenvalue weighted by Gasteiger charge is 2.29. The Bertz CT molecular complexity index is 1380. The molecule has 3 aromatic rings. The number of hydrogen-bond acceptors (Lipinski definition) is 4. The molecule has 2 atom stereocenters. The van der Waals surface area contributed by atoms with Gasteiger partial charge in [-0.3, -0.25) is 4.79 Å². The van der Waals surface area contributed by atoms with E-state index in [2.05, 4.69) is 29.2 Å². The minimum absolute atomic E-state index is 0.102. The average Bonchev–Trinajstić information content (AvgIpc) is 2.87. The van der Waals surface area contributed by atoms with Crippen LogP contribution in [-0.2, 0) is 21.2 Å². The molecule has 3 rings (SSSR count). The van der Waals surface area contributed by atoms with Crippen LogP contribution in [0.15, 0.2) is 71.6 Å². The molecule has 0 saturated heterocycles. The minimum atomic E-state index is -4.30. The van der Waals surface area contributed by atoms with E-state index in [1.165, 1.54) is 18.2 Å². The second kappa shape index (κ2) is 13.1. The SMILES string of the molecule is CC[C@H](C)CNC(=O)Nc1cccc(-c2ccc(C[C@@H](NS(=O)(=O)c3c(Cl)cccc3Cl)C(=O)O)cc2)c1. The van der Waals surface area contributed by atoms with Gasteiger partial charge in [0.05, 0.1) is 10.0 Å². The van der Waals surface area contributed by atoms with Crippen molar-refractivity contribution < 1.29 is 23.1 Å². The van der Waals surface area contributed by atoms with E-state index in [1.54, 1.807) is 30.3 Å². The summed E-state index contributed by atoms with van der Waals surface area (Å²) < 4.78 is 27.9. The molecule has 0 saturated carbocycles.